The fourth-order valence-electron chi connectivity index (χ4n) is 1.30. The number of hydrogen-bond acceptors (Lipinski definition) is 1. The Labute approximate surface area is 66.0 Å². The van der Waals surface area contributed by atoms with Crippen LogP contribution in [0.2, 0.25) is 0 Å². The molecule has 1 aliphatic rings. The number of carbonyl (C=O) groups is 1. The molecule has 1 heteroatoms. The van der Waals surface area contributed by atoms with Gasteiger partial charge in [-0.15, -0.1) is 0 Å². The van der Waals surface area contributed by atoms with Crippen LogP contribution >= 0.6 is 0 Å². The van der Waals surface area contributed by atoms with Crippen LogP contribution in [0, 0.1) is 0 Å². The lowest BCUT2D eigenvalue weighted by atomic mass is 10.1. The molecule has 0 unspecified atom stereocenters. The molecule has 0 amide bonds. The largest absolute Gasteiger partial charge is 0.298 e. The normalized spacial score (nSPS) is 16.4. The van der Waals surface area contributed by atoms with Crippen molar-refractivity contribution in [2.45, 2.75) is 18.8 Å². The summed E-state index contributed by atoms with van der Waals surface area (Å²) in [5, 5.41) is 0. The highest BCUT2D eigenvalue weighted by Crippen LogP contribution is 2.39. The molecule has 2 rings (SSSR count). The van der Waals surface area contributed by atoms with Crippen molar-refractivity contribution < 1.29 is 4.79 Å². The van der Waals surface area contributed by atoms with Crippen LogP contribution in [-0.4, -0.2) is 6.29 Å². The van der Waals surface area contributed by atoms with Crippen LogP contribution in [0.15, 0.2) is 24.3 Å². The van der Waals surface area contributed by atoms with E-state index in [0.29, 0.717) is 0 Å². The Balaban J connectivity index is 2.33. The smallest absolute Gasteiger partial charge is 0.150 e. The Kier molecular flexibility index (Phi) is 1.50. The second-order valence-corrected chi connectivity index (χ2v) is 3.06. The summed E-state index contributed by atoms with van der Waals surface area (Å²) in [4.78, 5) is 10.4. The second-order valence-electron chi connectivity index (χ2n) is 3.06. The Morgan fingerprint density at radius 2 is 2.18 bits per heavy atom. The molecular weight excluding hydrogens is 136 g/mol. The molecule has 0 radical (unpaired) electrons. The summed E-state index contributed by atoms with van der Waals surface area (Å²) in [7, 11) is 0. The zero-order valence-corrected chi connectivity index (χ0v) is 6.29. The first kappa shape index (κ1) is 6.59. The molecule has 0 aromatic heterocycles. The van der Waals surface area contributed by atoms with E-state index < -0.39 is 0 Å². The van der Waals surface area contributed by atoms with Crippen molar-refractivity contribution in [3.63, 3.8) is 0 Å². The van der Waals surface area contributed by atoms with Crippen LogP contribution in [0.5, 0.6) is 0 Å². The summed E-state index contributed by atoms with van der Waals surface area (Å²) in [5.41, 5.74) is 2.13. The minimum atomic E-state index is 0.745. The maximum Gasteiger partial charge on any atom is 0.150 e. The van der Waals surface area contributed by atoms with Gasteiger partial charge in [0.2, 0.25) is 0 Å². The van der Waals surface area contributed by atoms with E-state index in [1.54, 1.807) is 0 Å². The molecule has 0 bridgehead atoms. The van der Waals surface area contributed by atoms with Gasteiger partial charge in [0.15, 0.2) is 0 Å². The minimum absolute atomic E-state index is 0.745. The van der Waals surface area contributed by atoms with Gasteiger partial charge in [-0.2, -0.15) is 0 Å². The molecule has 1 fully saturated rings. The first-order valence-corrected chi connectivity index (χ1v) is 3.95. The van der Waals surface area contributed by atoms with Gasteiger partial charge in [-0.1, -0.05) is 18.2 Å². The zero-order chi connectivity index (χ0) is 7.68. The predicted molar refractivity (Wildman–Crippen MR) is 43.8 cm³/mol. The van der Waals surface area contributed by atoms with E-state index in [2.05, 4.69) is 6.07 Å². The minimum Gasteiger partial charge on any atom is -0.298 e. The van der Waals surface area contributed by atoms with E-state index in [4.69, 9.17) is 0 Å². The molecule has 1 aromatic rings. The molecule has 0 atom stereocenters. The number of carbonyl (C=O) groups excluding carboxylic acids is 1. The third kappa shape index (κ3) is 1.32. The molecule has 0 N–H and O–H groups in total. The van der Waals surface area contributed by atoms with Crippen LogP contribution in [0.3, 0.4) is 0 Å². The molecule has 1 aliphatic carbocycles. The molecule has 1 saturated carbocycles. The van der Waals surface area contributed by atoms with Crippen molar-refractivity contribution in [2.24, 2.45) is 0 Å². The van der Waals surface area contributed by atoms with Gasteiger partial charge in [-0.25, -0.2) is 0 Å². The summed E-state index contributed by atoms with van der Waals surface area (Å²) in [6.07, 6.45) is 3.50. The monoisotopic (exact) mass is 146 g/mol. The van der Waals surface area contributed by atoms with E-state index in [-0.39, 0.29) is 0 Å². The van der Waals surface area contributed by atoms with Crippen molar-refractivity contribution in [1.29, 1.82) is 0 Å². The van der Waals surface area contributed by atoms with Crippen molar-refractivity contribution in [3.05, 3.63) is 35.4 Å². The van der Waals surface area contributed by atoms with Crippen LogP contribution in [0.25, 0.3) is 0 Å². The lowest BCUT2D eigenvalue weighted by molar-refractivity contribution is 0.112. The topological polar surface area (TPSA) is 17.1 Å². The predicted octanol–water partition coefficient (Wildman–Crippen LogP) is 2.38. The maximum absolute atomic E-state index is 10.4. The molecule has 0 aliphatic heterocycles. The van der Waals surface area contributed by atoms with Gasteiger partial charge in [-0.05, 0) is 30.4 Å². The van der Waals surface area contributed by atoms with Gasteiger partial charge in [0, 0.05) is 5.56 Å². The Morgan fingerprint density at radius 1 is 1.36 bits per heavy atom. The van der Waals surface area contributed by atoms with E-state index in [9.17, 15) is 4.79 Å². The number of benzene rings is 1. The summed E-state index contributed by atoms with van der Waals surface area (Å²) in [6.45, 7) is 0. The third-order valence-electron chi connectivity index (χ3n) is 2.10. The average molecular weight is 146 g/mol. The molecule has 1 aromatic carbocycles. The molecule has 0 heterocycles. The summed E-state index contributed by atoms with van der Waals surface area (Å²) < 4.78 is 0. The van der Waals surface area contributed by atoms with Crippen molar-refractivity contribution in [1.82, 2.24) is 0 Å². The third-order valence-corrected chi connectivity index (χ3v) is 2.10. The highest BCUT2D eigenvalue weighted by Gasteiger charge is 2.23. The number of aldehydes is 1. The number of hydrogen-bond donors (Lipinski definition) is 0. The van der Waals surface area contributed by atoms with E-state index in [1.807, 2.05) is 18.2 Å². The molecule has 0 saturated heterocycles. The highest BCUT2D eigenvalue weighted by molar-refractivity contribution is 5.75. The molecule has 0 spiro atoms. The first-order valence-electron chi connectivity index (χ1n) is 3.95. The quantitative estimate of drug-likeness (QED) is 0.585. The average Bonchev–Trinajstić information content (AvgIpc) is 2.87. The first-order chi connectivity index (χ1) is 5.40. The molecule has 1 nitrogen and oxygen atoms in total. The van der Waals surface area contributed by atoms with Crippen molar-refractivity contribution >= 4 is 6.29 Å². The Bertz CT molecular complexity index is 274. The van der Waals surface area contributed by atoms with E-state index in [1.165, 1.54) is 18.4 Å². The van der Waals surface area contributed by atoms with E-state index >= 15 is 0 Å². The van der Waals surface area contributed by atoms with Crippen LogP contribution in [-0.2, 0) is 0 Å². The maximum atomic E-state index is 10.4. The highest BCUT2D eigenvalue weighted by atomic mass is 16.1. The summed E-state index contributed by atoms with van der Waals surface area (Å²) >= 11 is 0. The fraction of sp³-hybridized carbons (Fsp3) is 0.300. The van der Waals surface area contributed by atoms with Crippen LogP contribution in [0.4, 0.5) is 0 Å². The summed E-state index contributed by atoms with van der Waals surface area (Å²) in [5.74, 6) is 0.745. The van der Waals surface area contributed by atoms with Crippen LogP contribution < -0.4 is 0 Å². The van der Waals surface area contributed by atoms with Gasteiger partial charge < -0.3 is 0 Å². The lowest BCUT2D eigenvalue weighted by Crippen LogP contribution is -1.82. The van der Waals surface area contributed by atoms with Gasteiger partial charge in [-0.3, -0.25) is 4.79 Å². The lowest BCUT2D eigenvalue weighted by Gasteiger charge is -1.96. The van der Waals surface area contributed by atoms with Gasteiger partial charge in [0.1, 0.15) is 6.29 Å². The van der Waals surface area contributed by atoms with Gasteiger partial charge in [0.05, 0.1) is 0 Å². The van der Waals surface area contributed by atoms with Gasteiger partial charge >= 0.3 is 0 Å². The standard InChI is InChI=1S/C10H10O/c11-7-8-2-1-3-10(6-8)9-4-5-9/h1-3,6-7,9H,4-5H2. The number of rotatable bonds is 2. The van der Waals surface area contributed by atoms with Crippen LogP contribution in [0.1, 0.15) is 34.7 Å². The molecule has 56 valence electrons. The molecular formula is C10H10O. The zero-order valence-electron chi connectivity index (χ0n) is 6.29. The van der Waals surface area contributed by atoms with Crippen molar-refractivity contribution in [3.8, 4) is 0 Å². The summed E-state index contributed by atoms with van der Waals surface area (Å²) in [6, 6.07) is 7.89. The fourth-order valence-corrected chi connectivity index (χ4v) is 1.30. The Hall–Kier alpha value is -1.11. The van der Waals surface area contributed by atoms with Crippen molar-refractivity contribution in [2.75, 3.05) is 0 Å². The van der Waals surface area contributed by atoms with E-state index in [0.717, 1.165) is 17.8 Å². The SMILES string of the molecule is O=Cc1cccc(C2CC2)c1. The Morgan fingerprint density at radius 3 is 2.82 bits per heavy atom. The van der Waals surface area contributed by atoms with Gasteiger partial charge in [0.25, 0.3) is 0 Å². The molecule has 11 heavy (non-hydrogen) atoms. The second kappa shape index (κ2) is 2.50.